The third kappa shape index (κ3) is 6.58. The molecule has 1 aromatic heterocycles. The number of ether oxygens (including phenoxy) is 2. The molecule has 0 saturated carbocycles. The van der Waals surface area contributed by atoms with Gasteiger partial charge in [0.2, 0.25) is 5.95 Å². The first kappa shape index (κ1) is 23.8. The average Bonchev–Trinajstić information content (AvgIpc) is 2.78. The molecule has 1 saturated heterocycles. The molecule has 32 heavy (non-hydrogen) atoms. The molecule has 1 aromatic carbocycles. The molecule has 9 heteroatoms. The first-order valence-corrected chi connectivity index (χ1v) is 11.2. The first-order chi connectivity index (χ1) is 15.5. The van der Waals surface area contributed by atoms with Crippen LogP contribution in [0.15, 0.2) is 30.6 Å². The van der Waals surface area contributed by atoms with Crippen LogP contribution in [0.5, 0.6) is 5.75 Å². The number of nitrogens with zero attached hydrogens (tertiary/aromatic N) is 2. The smallest absolute Gasteiger partial charge is 0.229 e. The van der Waals surface area contributed by atoms with Crippen molar-refractivity contribution < 1.29 is 9.47 Å². The molecule has 0 spiro atoms. The number of nitrogens with one attached hydrogen (secondary N) is 4. The predicted octanol–water partition coefficient (Wildman–Crippen LogP) is 4.71. The molecule has 8 nitrogen and oxygen atoms in total. The molecule has 1 fully saturated rings. The van der Waals surface area contributed by atoms with Crippen molar-refractivity contribution >= 4 is 40.8 Å². The Morgan fingerprint density at radius 3 is 2.81 bits per heavy atom. The third-order valence-corrected chi connectivity index (χ3v) is 5.29. The van der Waals surface area contributed by atoms with Crippen LogP contribution in [-0.2, 0) is 4.74 Å². The fraction of sp³-hybridized carbons (Fsp3) is 0.435. The molecule has 0 unspecified atom stereocenters. The van der Waals surface area contributed by atoms with E-state index in [1.54, 1.807) is 19.4 Å². The summed E-state index contributed by atoms with van der Waals surface area (Å²) in [4.78, 5) is 8.86. The SMILES string of the molecule is CN/C=C(\C=N)c1ccc(Nc2ncc(Cl)c(NCC3CCOCC3)n2)cc1OC(C)C. The van der Waals surface area contributed by atoms with Crippen molar-refractivity contribution in [3.63, 3.8) is 0 Å². The standard InChI is InChI=1S/C23H31ClN6O2/c1-15(2)32-21-10-18(4-5-19(21)17(11-25)13-26-3)29-23-28-14-20(24)22(30-23)27-12-16-6-8-31-9-7-16/h4-5,10-11,13-16,25-26H,6-9,12H2,1-3H3,(H2,27,28,29,30)/b17-13+,25-11?. The Morgan fingerprint density at radius 2 is 2.12 bits per heavy atom. The summed E-state index contributed by atoms with van der Waals surface area (Å²) in [6.07, 6.45) is 6.70. The van der Waals surface area contributed by atoms with Gasteiger partial charge in [0.25, 0.3) is 0 Å². The highest BCUT2D eigenvalue weighted by molar-refractivity contribution is 6.32. The van der Waals surface area contributed by atoms with E-state index in [9.17, 15) is 0 Å². The number of halogens is 1. The lowest BCUT2D eigenvalue weighted by atomic mass is 10.0. The number of hydrogen-bond donors (Lipinski definition) is 4. The molecule has 4 N–H and O–H groups in total. The number of rotatable bonds is 10. The van der Waals surface area contributed by atoms with Gasteiger partial charge in [0.15, 0.2) is 5.82 Å². The van der Waals surface area contributed by atoms with Gasteiger partial charge in [0.1, 0.15) is 10.8 Å². The quantitative estimate of drug-likeness (QED) is 0.382. The Bertz CT molecular complexity index is 944. The molecule has 3 rings (SSSR count). The van der Waals surface area contributed by atoms with Crippen LogP contribution in [0, 0.1) is 11.3 Å². The molecule has 0 aliphatic carbocycles. The molecule has 1 aliphatic rings. The zero-order chi connectivity index (χ0) is 22.9. The van der Waals surface area contributed by atoms with Gasteiger partial charge in [-0.05, 0) is 44.7 Å². The van der Waals surface area contributed by atoms with Crippen LogP contribution in [0.2, 0.25) is 5.02 Å². The van der Waals surface area contributed by atoms with Crippen LogP contribution in [0.4, 0.5) is 17.5 Å². The summed E-state index contributed by atoms with van der Waals surface area (Å²) in [6.45, 7) is 6.33. The summed E-state index contributed by atoms with van der Waals surface area (Å²) in [5.41, 5.74) is 2.32. The number of anilines is 3. The highest BCUT2D eigenvalue weighted by Crippen LogP contribution is 2.31. The van der Waals surface area contributed by atoms with Crippen LogP contribution < -0.4 is 20.7 Å². The van der Waals surface area contributed by atoms with E-state index in [1.165, 1.54) is 6.21 Å². The summed E-state index contributed by atoms with van der Waals surface area (Å²) in [6, 6.07) is 5.70. The highest BCUT2D eigenvalue weighted by atomic mass is 35.5. The fourth-order valence-corrected chi connectivity index (χ4v) is 3.57. The number of hydrogen-bond acceptors (Lipinski definition) is 8. The molecule has 0 radical (unpaired) electrons. The lowest BCUT2D eigenvalue weighted by molar-refractivity contribution is 0.0699. The molecule has 0 bridgehead atoms. The molecular weight excluding hydrogens is 428 g/mol. The second-order valence-electron chi connectivity index (χ2n) is 7.86. The third-order valence-electron chi connectivity index (χ3n) is 5.01. The van der Waals surface area contributed by atoms with Crippen molar-refractivity contribution in [1.82, 2.24) is 15.3 Å². The van der Waals surface area contributed by atoms with Gasteiger partial charge in [-0.25, -0.2) is 4.98 Å². The number of allylic oxidation sites excluding steroid dienone is 1. The Kier molecular flexibility index (Phi) is 8.70. The Morgan fingerprint density at radius 1 is 1.34 bits per heavy atom. The molecular formula is C23H31ClN6O2. The van der Waals surface area contributed by atoms with Gasteiger partial charge in [-0.2, -0.15) is 4.98 Å². The highest BCUT2D eigenvalue weighted by Gasteiger charge is 2.15. The summed E-state index contributed by atoms with van der Waals surface area (Å²) >= 11 is 6.31. The van der Waals surface area contributed by atoms with Crippen LogP contribution in [-0.4, -0.2) is 49.1 Å². The Balaban J connectivity index is 1.78. The van der Waals surface area contributed by atoms with E-state index in [4.69, 9.17) is 26.5 Å². The maximum absolute atomic E-state index is 7.72. The van der Waals surface area contributed by atoms with Gasteiger partial charge in [-0.1, -0.05) is 11.6 Å². The molecule has 1 aliphatic heterocycles. The van der Waals surface area contributed by atoms with E-state index in [-0.39, 0.29) is 6.10 Å². The van der Waals surface area contributed by atoms with E-state index in [0.717, 1.165) is 49.4 Å². The van der Waals surface area contributed by atoms with E-state index in [0.29, 0.717) is 28.5 Å². The van der Waals surface area contributed by atoms with Crippen molar-refractivity contribution in [1.29, 1.82) is 5.41 Å². The zero-order valence-electron chi connectivity index (χ0n) is 18.7. The van der Waals surface area contributed by atoms with E-state index >= 15 is 0 Å². The summed E-state index contributed by atoms with van der Waals surface area (Å²) in [5, 5.41) is 17.7. The van der Waals surface area contributed by atoms with Gasteiger partial charge in [0.05, 0.1) is 12.3 Å². The molecule has 172 valence electrons. The van der Waals surface area contributed by atoms with Crippen LogP contribution in [0.25, 0.3) is 5.57 Å². The minimum atomic E-state index is -0.0154. The van der Waals surface area contributed by atoms with Crippen molar-refractivity contribution in [3.8, 4) is 5.75 Å². The number of benzene rings is 1. The lowest BCUT2D eigenvalue weighted by Crippen LogP contribution is -2.23. The Hall–Kier alpha value is -2.84. The lowest BCUT2D eigenvalue weighted by Gasteiger charge is -2.22. The number of aromatic nitrogens is 2. The van der Waals surface area contributed by atoms with E-state index in [1.807, 2.05) is 32.0 Å². The van der Waals surface area contributed by atoms with Crippen LogP contribution in [0.3, 0.4) is 0 Å². The van der Waals surface area contributed by atoms with Crippen molar-refractivity contribution in [2.24, 2.45) is 5.92 Å². The fourth-order valence-electron chi connectivity index (χ4n) is 3.41. The maximum Gasteiger partial charge on any atom is 0.229 e. The second-order valence-corrected chi connectivity index (χ2v) is 8.27. The van der Waals surface area contributed by atoms with Gasteiger partial charge < -0.3 is 30.8 Å². The van der Waals surface area contributed by atoms with Gasteiger partial charge in [-0.15, -0.1) is 0 Å². The zero-order valence-corrected chi connectivity index (χ0v) is 19.5. The van der Waals surface area contributed by atoms with E-state index < -0.39 is 0 Å². The van der Waals surface area contributed by atoms with Crippen molar-refractivity contribution in [2.45, 2.75) is 32.8 Å². The summed E-state index contributed by atoms with van der Waals surface area (Å²) in [7, 11) is 1.80. The van der Waals surface area contributed by atoms with Gasteiger partial charge in [-0.3, -0.25) is 0 Å². The van der Waals surface area contributed by atoms with E-state index in [2.05, 4.69) is 25.9 Å². The topological polar surface area (TPSA) is 104 Å². The first-order valence-electron chi connectivity index (χ1n) is 10.8. The van der Waals surface area contributed by atoms with Crippen molar-refractivity contribution in [3.05, 3.63) is 41.2 Å². The summed E-state index contributed by atoms with van der Waals surface area (Å²) in [5.74, 6) is 2.25. The van der Waals surface area contributed by atoms with Crippen molar-refractivity contribution in [2.75, 3.05) is 37.4 Å². The molecule has 0 atom stereocenters. The summed E-state index contributed by atoms with van der Waals surface area (Å²) < 4.78 is 11.4. The minimum Gasteiger partial charge on any atom is -0.490 e. The molecule has 2 aromatic rings. The Labute approximate surface area is 194 Å². The second kappa shape index (κ2) is 11.7. The van der Waals surface area contributed by atoms with Crippen LogP contribution in [0.1, 0.15) is 32.3 Å². The maximum atomic E-state index is 7.72. The largest absolute Gasteiger partial charge is 0.490 e. The van der Waals surface area contributed by atoms with Gasteiger partial charge in [0, 0.05) is 62.1 Å². The minimum absolute atomic E-state index is 0.0154. The monoisotopic (exact) mass is 458 g/mol. The average molecular weight is 459 g/mol. The molecule has 0 amide bonds. The van der Waals surface area contributed by atoms with Gasteiger partial charge >= 0.3 is 0 Å². The molecule has 2 heterocycles. The normalized spacial score (nSPS) is 14.8. The predicted molar refractivity (Wildman–Crippen MR) is 130 cm³/mol. The van der Waals surface area contributed by atoms with Crippen LogP contribution >= 0.6 is 11.6 Å².